The predicted molar refractivity (Wildman–Crippen MR) is 105 cm³/mol. The number of halogens is 2. The van der Waals surface area contributed by atoms with Gasteiger partial charge in [-0.15, -0.1) is 5.11 Å². The quantitative estimate of drug-likeness (QED) is 0.270. The van der Waals surface area contributed by atoms with E-state index in [9.17, 15) is 9.18 Å². The van der Waals surface area contributed by atoms with Gasteiger partial charge in [0, 0.05) is 6.07 Å². The highest BCUT2D eigenvalue weighted by Crippen LogP contribution is 2.31. The maximum Gasteiger partial charge on any atom is 0.343 e. The van der Waals surface area contributed by atoms with Gasteiger partial charge in [0.2, 0.25) is 0 Å². The van der Waals surface area contributed by atoms with Crippen LogP contribution in [0.3, 0.4) is 0 Å². The van der Waals surface area contributed by atoms with Crippen LogP contribution in [0.4, 0.5) is 15.8 Å². The Hall–Kier alpha value is -3.25. The van der Waals surface area contributed by atoms with Gasteiger partial charge in [0.05, 0.1) is 22.9 Å². The molecule has 0 N–H and O–H groups in total. The number of nitrogens with zero attached hydrogens (tertiary/aromatic N) is 2. The topological polar surface area (TPSA) is 60.2 Å². The van der Waals surface area contributed by atoms with Gasteiger partial charge in [-0.1, -0.05) is 11.6 Å². The van der Waals surface area contributed by atoms with Crippen molar-refractivity contribution in [1.82, 2.24) is 0 Å². The van der Waals surface area contributed by atoms with Crippen LogP contribution in [0.25, 0.3) is 0 Å². The van der Waals surface area contributed by atoms with E-state index in [1.165, 1.54) is 30.3 Å². The number of benzene rings is 3. The van der Waals surface area contributed by atoms with E-state index in [1.807, 2.05) is 6.92 Å². The summed E-state index contributed by atoms with van der Waals surface area (Å²) in [5.74, 6) is 0.0954. The molecule has 0 fully saturated rings. The molecule has 0 aliphatic heterocycles. The van der Waals surface area contributed by atoms with Crippen molar-refractivity contribution in [3.8, 4) is 11.5 Å². The number of azo groups is 1. The van der Waals surface area contributed by atoms with Crippen molar-refractivity contribution in [1.29, 1.82) is 0 Å². The van der Waals surface area contributed by atoms with Gasteiger partial charge in [-0.05, 0) is 67.6 Å². The molecule has 0 saturated carbocycles. The van der Waals surface area contributed by atoms with Gasteiger partial charge in [0.15, 0.2) is 0 Å². The third-order valence-electron chi connectivity index (χ3n) is 3.63. The molecule has 5 nitrogen and oxygen atoms in total. The van der Waals surface area contributed by atoms with E-state index in [0.29, 0.717) is 29.3 Å². The molecule has 0 radical (unpaired) electrons. The molecule has 0 aliphatic carbocycles. The summed E-state index contributed by atoms with van der Waals surface area (Å²) in [5, 5.41) is 8.29. The maximum atomic E-state index is 12.9. The second kappa shape index (κ2) is 9.10. The van der Waals surface area contributed by atoms with Crippen LogP contribution in [0.2, 0.25) is 5.02 Å². The molecule has 0 spiro atoms. The maximum absolute atomic E-state index is 12.9. The number of hydrogen-bond acceptors (Lipinski definition) is 5. The van der Waals surface area contributed by atoms with Gasteiger partial charge in [-0.3, -0.25) is 0 Å². The molecule has 0 amide bonds. The van der Waals surface area contributed by atoms with Crippen molar-refractivity contribution in [2.75, 3.05) is 6.61 Å². The zero-order chi connectivity index (χ0) is 19.9. The Morgan fingerprint density at radius 1 is 0.964 bits per heavy atom. The van der Waals surface area contributed by atoms with Crippen molar-refractivity contribution in [2.24, 2.45) is 10.2 Å². The minimum atomic E-state index is -0.514. The van der Waals surface area contributed by atoms with Crippen LogP contribution >= 0.6 is 11.6 Å². The van der Waals surface area contributed by atoms with Crippen molar-refractivity contribution in [3.63, 3.8) is 0 Å². The smallest absolute Gasteiger partial charge is 0.343 e. The van der Waals surface area contributed by atoms with E-state index in [0.717, 1.165) is 0 Å². The van der Waals surface area contributed by atoms with Gasteiger partial charge in [-0.2, -0.15) is 5.11 Å². The zero-order valence-electron chi connectivity index (χ0n) is 14.9. The van der Waals surface area contributed by atoms with Gasteiger partial charge in [0.25, 0.3) is 0 Å². The van der Waals surface area contributed by atoms with Crippen LogP contribution in [-0.4, -0.2) is 12.6 Å². The van der Waals surface area contributed by atoms with Crippen LogP contribution in [-0.2, 0) is 0 Å². The molecule has 28 heavy (non-hydrogen) atoms. The zero-order valence-corrected chi connectivity index (χ0v) is 15.7. The number of carbonyl (C=O) groups excluding carboxylic acids is 1. The summed E-state index contributed by atoms with van der Waals surface area (Å²) in [6, 6.07) is 16.9. The highest BCUT2D eigenvalue weighted by Gasteiger charge is 2.10. The van der Waals surface area contributed by atoms with Crippen LogP contribution in [0.5, 0.6) is 11.5 Å². The molecule has 0 bridgehead atoms. The van der Waals surface area contributed by atoms with E-state index in [4.69, 9.17) is 21.1 Å². The first kappa shape index (κ1) is 19.5. The Kier molecular flexibility index (Phi) is 6.34. The number of rotatable bonds is 6. The fourth-order valence-electron chi connectivity index (χ4n) is 2.27. The number of ether oxygens (including phenoxy) is 2. The molecular weight excluding hydrogens is 383 g/mol. The summed E-state index contributed by atoms with van der Waals surface area (Å²) in [7, 11) is 0. The van der Waals surface area contributed by atoms with E-state index in [1.54, 1.807) is 36.4 Å². The minimum Gasteiger partial charge on any atom is -0.494 e. The first-order chi connectivity index (χ1) is 13.5. The summed E-state index contributed by atoms with van der Waals surface area (Å²) in [6.07, 6.45) is 0. The van der Waals surface area contributed by atoms with Crippen LogP contribution in [0, 0.1) is 5.82 Å². The molecule has 0 unspecified atom stereocenters. The minimum absolute atomic E-state index is 0.267. The largest absolute Gasteiger partial charge is 0.494 e. The van der Waals surface area contributed by atoms with Crippen molar-refractivity contribution in [3.05, 3.63) is 83.1 Å². The monoisotopic (exact) mass is 398 g/mol. The van der Waals surface area contributed by atoms with Gasteiger partial charge in [-0.25, -0.2) is 9.18 Å². The Balaban J connectivity index is 1.67. The average molecular weight is 399 g/mol. The molecule has 142 valence electrons. The van der Waals surface area contributed by atoms with Crippen molar-refractivity contribution < 1.29 is 18.7 Å². The van der Waals surface area contributed by atoms with Crippen molar-refractivity contribution >= 4 is 28.9 Å². The first-order valence-electron chi connectivity index (χ1n) is 8.47. The van der Waals surface area contributed by atoms with Crippen LogP contribution in [0.15, 0.2) is 77.0 Å². The summed E-state index contributed by atoms with van der Waals surface area (Å²) in [4.78, 5) is 12.2. The number of carbonyl (C=O) groups is 1. The first-order valence-corrected chi connectivity index (χ1v) is 8.85. The lowest BCUT2D eigenvalue weighted by atomic mass is 10.2. The molecular formula is C21H16ClFN2O3. The molecule has 0 atom stereocenters. The molecule has 0 saturated heterocycles. The molecule has 0 aromatic heterocycles. The third-order valence-corrected chi connectivity index (χ3v) is 3.93. The number of hydrogen-bond donors (Lipinski definition) is 0. The second-order valence-corrected chi connectivity index (χ2v) is 6.04. The van der Waals surface area contributed by atoms with E-state index in [2.05, 4.69) is 10.2 Å². The summed E-state index contributed by atoms with van der Waals surface area (Å²) in [6.45, 7) is 2.43. The summed E-state index contributed by atoms with van der Waals surface area (Å²) >= 11 is 6.18. The lowest BCUT2D eigenvalue weighted by Crippen LogP contribution is -2.08. The lowest BCUT2D eigenvalue weighted by molar-refractivity contribution is 0.0735. The number of esters is 1. The SMILES string of the molecule is CCOc1ccc(C(=O)Oc2ccc(N=Nc3ccc(F)cc3)c(Cl)c2)cc1. The molecule has 0 aliphatic rings. The molecule has 3 aromatic carbocycles. The standard InChI is InChI=1S/C21H16ClFN2O3/c1-2-27-17-9-3-14(4-10-17)21(26)28-18-11-12-20(19(22)13-18)25-24-16-7-5-15(23)6-8-16/h3-13H,2H2,1H3. The molecule has 3 rings (SSSR count). The van der Waals surface area contributed by atoms with E-state index < -0.39 is 5.97 Å². The predicted octanol–water partition coefficient (Wildman–Crippen LogP) is 6.51. The fourth-order valence-corrected chi connectivity index (χ4v) is 2.48. The molecule has 0 heterocycles. The second-order valence-electron chi connectivity index (χ2n) is 5.64. The molecule has 7 heteroatoms. The van der Waals surface area contributed by atoms with Crippen molar-refractivity contribution in [2.45, 2.75) is 6.92 Å². The summed E-state index contributed by atoms with van der Waals surface area (Å²) in [5.41, 5.74) is 1.27. The Morgan fingerprint density at radius 2 is 1.64 bits per heavy atom. The average Bonchev–Trinajstić information content (AvgIpc) is 2.69. The van der Waals surface area contributed by atoms with E-state index >= 15 is 0 Å². The van der Waals surface area contributed by atoms with Crippen LogP contribution < -0.4 is 9.47 Å². The van der Waals surface area contributed by atoms with Gasteiger partial charge >= 0.3 is 5.97 Å². The fraction of sp³-hybridized carbons (Fsp3) is 0.0952. The van der Waals surface area contributed by atoms with Gasteiger partial charge in [0.1, 0.15) is 23.0 Å². The Morgan fingerprint density at radius 3 is 2.29 bits per heavy atom. The van der Waals surface area contributed by atoms with E-state index in [-0.39, 0.29) is 16.6 Å². The Bertz CT molecular complexity index is 990. The van der Waals surface area contributed by atoms with Gasteiger partial charge < -0.3 is 9.47 Å². The lowest BCUT2D eigenvalue weighted by Gasteiger charge is -2.07. The Labute approximate surface area is 166 Å². The summed E-state index contributed by atoms with van der Waals surface area (Å²) < 4.78 is 23.6. The normalized spacial score (nSPS) is 10.8. The third kappa shape index (κ3) is 5.14. The highest BCUT2D eigenvalue weighted by atomic mass is 35.5. The highest BCUT2D eigenvalue weighted by molar-refractivity contribution is 6.33. The van der Waals surface area contributed by atoms with Crippen LogP contribution in [0.1, 0.15) is 17.3 Å². The molecule has 3 aromatic rings.